The van der Waals surface area contributed by atoms with Gasteiger partial charge in [0.25, 0.3) is 0 Å². The van der Waals surface area contributed by atoms with Crippen LogP contribution < -0.4 is 0 Å². The van der Waals surface area contributed by atoms with Gasteiger partial charge in [0.2, 0.25) is 0 Å². The van der Waals surface area contributed by atoms with Crippen molar-refractivity contribution in [2.45, 2.75) is 51.9 Å². The summed E-state index contributed by atoms with van der Waals surface area (Å²) >= 11 is 0. The molecule has 18 heavy (non-hydrogen) atoms. The summed E-state index contributed by atoms with van der Waals surface area (Å²) in [6.07, 6.45) is 6.72. The van der Waals surface area contributed by atoms with E-state index in [9.17, 15) is 9.59 Å². The van der Waals surface area contributed by atoms with E-state index in [1.165, 1.54) is 32.1 Å². The highest BCUT2D eigenvalue weighted by Gasteiger charge is 2.14. The molecule has 0 aromatic rings. The lowest BCUT2D eigenvalue weighted by Crippen LogP contribution is -2.18. The van der Waals surface area contributed by atoms with Gasteiger partial charge in [-0.15, -0.1) is 0 Å². The molecule has 4 nitrogen and oxygen atoms in total. The predicted octanol–water partition coefficient (Wildman–Crippen LogP) is 2.50. The average molecular weight is 256 g/mol. The Balaban J connectivity index is 2.00. The minimum absolute atomic E-state index is 0.0149. The molecule has 0 amide bonds. The maximum Gasteiger partial charge on any atom is 0.306 e. The summed E-state index contributed by atoms with van der Waals surface area (Å²) in [5.41, 5.74) is 0. The smallest absolute Gasteiger partial charge is 0.306 e. The summed E-state index contributed by atoms with van der Waals surface area (Å²) in [5, 5.41) is 0. The van der Waals surface area contributed by atoms with Crippen molar-refractivity contribution in [1.29, 1.82) is 0 Å². The number of hydrogen-bond acceptors (Lipinski definition) is 4. The first-order valence-electron chi connectivity index (χ1n) is 6.97. The van der Waals surface area contributed by atoms with Crippen LogP contribution in [0.25, 0.3) is 0 Å². The molecule has 1 aliphatic rings. The van der Waals surface area contributed by atoms with E-state index >= 15 is 0 Å². The summed E-state index contributed by atoms with van der Waals surface area (Å²) in [7, 11) is 0. The van der Waals surface area contributed by atoms with Crippen molar-refractivity contribution in [3.05, 3.63) is 0 Å². The third-order valence-electron chi connectivity index (χ3n) is 3.25. The van der Waals surface area contributed by atoms with Gasteiger partial charge in [0.05, 0.1) is 13.0 Å². The van der Waals surface area contributed by atoms with Crippen molar-refractivity contribution in [2.24, 2.45) is 5.92 Å². The molecule has 0 atom stereocenters. The maximum atomic E-state index is 11.5. The van der Waals surface area contributed by atoms with Crippen LogP contribution in [0.15, 0.2) is 0 Å². The molecule has 0 radical (unpaired) electrons. The first-order chi connectivity index (χ1) is 8.72. The summed E-state index contributed by atoms with van der Waals surface area (Å²) in [6.45, 7) is 2.94. The van der Waals surface area contributed by atoms with Gasteiger partial charge in [-0.05, 0) is 25.7 Å². The van der Waals surface area contributed by atoms with E-state index in [-0.39, 0.29) is 31.2 Å². The molecule has 0 spiro atoms. The van der Waals surface area contributed by atoms with Crippen molar-refractivity contribution < 1.29 is 19.1 Å². The Morgan fingerprint density at radius 3 is 2.50 bits per heavy atom. The van der Waals surface area contributed by atoms with Crippen molar-refractivity contribution >= 4 is 11.8 Å². The molecule has 1 rings (SSSR count). The Morgan fingerprint density at radius 2 is 1.83 bits per heavy atom. The van der Waals surface area contributed by atoms with Gasteiger partial charge in [-0.3, -0.25) is 9.59 Å². The fourth-order valence-corrected chi connectivity index (χ4v) is 2.24. The molecule has 0 aliphatic heterocycles. The summed E-state index contributed by atoms with van der Waals surface area (Å²) in [6, 6.07) is 0. The van der Waals surface area contributed by atoms with Crippen LogP contribution in [0.4, 0.5) is 0 Å². The molecule has 0 heterocycles. The number of ether oxygens (including phenoxy) is 2. The number of ketones is 1. The van der Waals surface area contributed by atoms with Crippen molar-refractivity contribution in [2.75, 3.05) is 19.8 Å². The Hall–Kier alpha value is -0.900. The zero-order valence-corrected chi connectivity index (χ0v) is 11.3. The molecular formula is C14H24O4. The monoisotopic (exact) mass is 256 g/mol. The SMILES string of the molecule is CCOC(=O)CCC(=O)COCC1CCCCC1. The van der Waals surface area contributed by atoms with E-state index in [1.807, 2.05) is 0 Å². The molecule has 1 aliphatic carbocycles. The molecule has 0 unspecified atom stereocenters. The van der Waals surface area contributed by atoms with E-state index < -0.39 is 0 Å². The van der Waals surface area contributed by atoms with E-state index in [4.69, 9.17) is 9.47 Å². The molecular weight excluding hydrogens is 232 g/mol. The fourth-order valence-electron chi connectivity index (χ4n) is 2.24. The second-order valence-corrected chi connectivity index (χ2v) is 4.86. The van der Waals surface area contributed by atoms with Crippen LogP contribution in [0.3, 0.4) is 0 Å². The number of esters is 1. The number of carbonyl (C=O) groups is 2. The summed E-state index contributed by atoms with van der Waals surface area (Å²) in [4.78, 5) is 22.5. The van der Waals surface area contributed by atoms with Gasteiger partial charge in [0.1, 0.15) is 6.61 Å². The average Bonchev–Trinajstić information content (AvgIpc) is 2.38. The molecule has 0 saturated heterocycles. The number of rotatable bonds is 8. The Bertz CT molecular complexity index is 257. The first kappa shape index (κ1) is 15.2. The number of hydrogen-bond donors (Lipinski definition) is 0. The molecule has 1 saturated carbocycles. The fraction of sp³-hybridized carbons (Fsp3) is 0.857. The largest absolute Gasteiger partial charge is 0.466 e. The Kier molecular flexibility index (Phi) is 7.65. The van der Waals surface area contributed by atoms with Crippen LogP contribution in [-0.2, 0) is 19.1 Å². The van der Waals surface area contributed by atoms with E-state index in [0.717, 1.165) is 0 Å². The normalized spacial score (nSPS) is 16.5. The quantitative estimate of drug-likeness (QED) is 0.626. The van der Waals surface area contributed by atoms with E-state index in [0.29, 0.717) is 19.1 Å². The highest BCUT2D eigenvalue weighted by molar-refractivity contribution is 5.83. The van der Waals surface area contributed by atoms with Crippen molar-refractivity contribution in [1.82, 2.24) is 0 Å². The van der Waals surface area contributed by atoms with Crippen LogP contribution in [0.1, 0.15) is 51.9 Å². The van der Waals surface area contributed by atoms with Gasteiger partial charge >= 0.3 is 5.97 Å². The standard InChI is InChI=1S/C14H24O4/c1-2-18-14(16)9-8-13(15)11-17-10-12-6-4-3-5-7-12/h12H,2-11H2,1H3. The Labute approximate surface area is 109 Å². The van der Waals surface area contributed by atoms with Crippen LogP contribution in [0, 0.1) is 5.92 Å². The summed E-state index contributed by atoms with van der Waals surface area (Å²) < 4.78 is 10.2. The minimum Gasteiger partial charge on any atom is -0.466 e. The van der Waals surface area contributed by atoms with E-state index in [1.54, 1.807) is 6.92 Å². The van der Waals surface area contributed by atoms with Gasteiger partial charge in [0, 0.05) is 13.0 Å². The second kappa shape index (κ2) is 9.09. The third-order valence-corrected chi connectivity index (χ3v) is 3.25. The molecule has 0 N–H and O–H groups in total. The molecule has 0 bridgehead atoms. The van der Waals surface area contributed by atoms with Gasteiger partial charge in [-0.1, -0.05) is 19.3 Å². The highest BCUT2D eigenvalue weighted by Crippen LogP contribution is 2.23. The number of carbonyl (C=O) groups excluding carboxylic acids is 2. The topological polar surface area (TPSA) is 52.6 Å². The lowest BCUT2D eigenvalue weighted by molar-refractivity contribution is -0.144. The van der Waals surface area contributed by atoms with Gasteiger partial charge in [-0.2, -0.15) is 0 Å². The lowest BCUT2D eigenvalue weighted by Gasteiger charge is -2.20. The predicted molar refractivity (Wildman–Crippen MR) is 68.3 cm³/mol. The third kappa shape index (κ3) is 6.74. The van der Waals surface area contributed by atoms with Gasteiger partial charge in [-0.25, -0.2) is 0 Å². The lowest BCUT2D eigenvalue weighted by atomic mass is 9.90. The van der Waals surface area contributed by atoms with Crippen LogP contribution in [0.2, 0.25) is 0 Å². The van der Waals surface area contributed by atoms with Gasteiger partial charge in [0.15, 0.2) is 5.78 Å². The summed E-state index contributed by atoms with van der Waals surface area (Å²) in [5.74, 6) is 0.300. The minimum atomic E-state index is -0.307. The highest BCUT2D eigenvalue weighted by atomic mass is 16.5. The molecule has 104 valence electrons. The van der Waals surface area contributed by atoms with Crippen LogP contribution >= 0.6 is 0 Å². The van der Waals surface area contributed by atoms with Crippen molar-refractivity contribution in [3.8, 4) is 0 Å². The van der Waals surface area contributed by atoms with Crippen molar-refractivity contribution in [3.63, 3.8) is 0 Å². The zero-order valence-electron chi connectivity index (χ0n) is 11.3. The first-order valence-corrected chi connectivity index (χ1v) is 6.97. The second-order valence-electron chi connectivity index (χ2n) is 4.86. The van der Waals surface area contributed by atoms with E-state index in [2.05, 4.69) is 0 Å². The molecule has 0 aromatic carbocycles. The molecule has 0 aromatic heterocycles. The molecule has 4 heteroatoms. The van der Waals surface area contributed by atoms with Crippen LogP contribution in [-0.4, -0.2) is 31.6 Å². The zero-order chi connectivity index (χ0) is 13.2. The molecule has 1 fully saturated rings. The van der Waals surface area contributed by atoms with Crippen LogP contribution in [0.5, 0.6) is 0 Å². The van der Waals surface area contributed by atoms with Gasteiger partial charge < -0.3 is 9.47 Å². The number of Topliss-reactive ketones (excluding diaryl/α,β-unsaturated/α-hetero) is 1. The Morgan fingerprint density at radius 1 is 1.11 bits per heavy atom. The maximum absolute atomic E-state index is 11.5.